The largest absolute Gasteiger partial charge is 0.310 e. The molecule has 27 heavy (non-hydrogen) atoms. The van der Waals surface area contributed by atoms with E-state index < -0.39 is 0 Å². The molecule has 0 saturated carbocycles. The minimum absolute atomic E-state index is 0.0141. The second-order valence-electron chi connectivity index (χ2n) is 7.41. The van der Waals surface area contributed by atoms with Gasteiger partial charge in [0.15, 0.2) is 0 Å². The van der Waals surface area contributed by atoms with Crippen molar-refractivity contribution in [2.45, 2.75) is 24.8 Å². The Morgan fingerprint density at radius 2 is 2.15 bits per heavy atom. The SMILES string of the molecule is CSC1CN(CC(=O)Nc2ccnn2Cc2cccc(C)c2)CC1N(C)C. The van der Waals surface area contributed by atoms with Crippen molar-refractivity contribution in [2.24, 2.45) is 0 Å². The van der Waals surface area contributed by atoms with Gasteiger partial charge in [-0.2, -0.15) is 16.9 Å². The van der Waals surface area contributed by atoms with Crippen LogP contribution in [0.2, 0.25) is 0 Å². The Morgan fingerprint density at radius 1 is 1.33 bits per heavy atom. The van der Waals surface area contributed by atoms with E-state index in [0.29, 0.717) is 24.4 Å². The molecule has 2 aromatic rings. The lowest BCUT2D eigenvalue weighted by molar-refractivity contribution is -0.117. The molecule has 1 fully saturated rings. The normalized spacial score (nSPS) is 20.3. The number of hydrogen-bond acceptors (Lipinski definition) is 5. The number of carbonyl (C=O) groups is 1. The average molecular weight is 388 g/mol. The predicted octanol–water partition coefficient (Wildman–Crippen LogP) is 2.16. The molecule has 0 bridgehead atoms. The first kappa shape index (κ1) is 19.9. The van der Waals surface area contributed by atoms with Crippen molar-refractivity contribution in [1.29, 1.82) is 0 Å². The van der Waals surface area contributed by atoms with Crippen molar-refractivity contribution >= 4 is 23.5 Å². The summed E-state index contributed by atoms with van der Waals surface area (Å²) in [6, 6.07) is 10.7. The number of likely N-dealkylation sites (N-methyl/N-ethyl adjacent to an activating group) is 1. The molecule has 1 amide bonds. The zero-order valence-corrected chi connectivity index (χ0v) is 17.4. The van der Waals surface area contributed by atoms with Crippen LogP contribution in [0.3, 0.4) is 0 Å². The van der Waals surface area contributed by atoms with E-state index in [-0.39, 0.29) is 5.91 Å². The van der Waals surface area contributed by atoms with E-state index in [1.165, 1.54) is 11.1 Å². The molecule has 1 N–H and O–H groups in total. The molecule has 6 nitrogen and oxygen atoms in total. The number of likely N-dealkylation sites (tertiary alicyclic amines) is 1. The maximum Gasteiger partial charge on any atom is 0.239 e. The molecular weight excluding hydrogens is 358 g/mol. The quantitative estimate of drug-likeness (QED) is 0.789. The van der Waals surface area contributed by atoms with E-state index in [4.69, 9.17) is 0 Å². The lowest BCUT2D eigenvalue weighted by Gasteiger charge is -2.23. The molecule has 146 valence electrons. The molecule has 0 radical (unpaired) electrons. The summed E-state index contributed by atoms with van der Waals surface area (Å²) in [7, 11) is 4.22. The minimum Gasteiger partial charge on any atom is -0.310 e. The summed E-state index contributed by atoms with van der Waals surface area (Å²) in [5, 5.41) is 7.93. The fourth-order valence-corrected chi connectivity index (χ4v) is 4.63. The molecule has 2 heterocycles. The van der Waals surface area contributed by atoms with Crippen LogP contribution < -0.4 is 5.32 Å². The third-order valence-corrected chi connectivity index (χ3v) is 6.11. The standard InChI is InChI=1S/C20H29N5OS/c1-15-6-5-7-16(10-15)11-25-19(8-9-21-25)22-20(26)14-24-12-17(23(2)3)18(13-24)27-4/h5-10,17-18H,11-14H2,1-4H3,(H,22,26). The Kier molecular flexibility index (Phi) is 6.57. The molecule has 2 unspecified atom stereocenters. The fourth-order valence-electron chi connectivity index (χ4n) is 3.62. The zero-order valence-electron chi connectivity index (χ0n) is 16.6. The van der Waals surface area contributed by atoms with Gasteiger partial charge in [-0.1, -0.05) is 29.8 Å². The lowest BCUT2D eigenvalue weighted by Crippen LogP contribution is -2.37. The number of aryl methyl sites for hydroxylation is 1. The first-order chi connectivity index (χ1) is 13.0. The van der Waals surface area contributed by atoms with Gasteiger partial charge in [0, 0.05) is 30.4 Å². The van der Waals surface area contributed by atoms with Gasteiger partial charge in [-0.15, -0.1) is 0 Å². The maximum absolute atomic E-state index is 12.6. The van der Waals surface area contributed by atoms with Crippen LogP contribution in [0.4, 0.5) is 5.82 Å². The summed E-state index contributed by atoms with van der Waals surface area (Å²) in [5.41, 5.74) is 2.39. The van der Waals surface area contributed by atoms with Gasteiger partial charge in [-0.05, 0) is 32.8 Å². The number of benzene rings is 1. The smallest absolute Gasteiger partial charge is 0.239 e. The number of anilines is 1. The molecule has 1 saturated heterocycles. The van der Waals surface area contributed by atoms with Crippen LogP contribution in [0.25, 0.3) is 0 Å². The van der Waals surface area contributed by atoms with Crippen LogP contribution >= 0.6 is 11.8 Å². The number of nitrogens with zero attached hydrogens (tertiary/aromatic N) is 4. The first-order valence-electron chi connectivity index (χ1n) is 9.25. The van der Waals surface area contributed by atoms with Gasteiger partial charge < -0.3 is 10.2 Å². The molecule has 1 aliphatic rings. The third-order valence-electron chi connectivity index (χ3n) is 5.04. The summed E-state index contributed by atoms with van der Waals surface area (Å²) in [5.74, 6) is 0.756. The van der Waals surface area contributed by atoms with Gasteiger partial charge in [0.05, 0.1) is 19.3 Å². The van der Waals surface area contributed by atoms with E-state index in [2.05, 4.69) is 65.7 Å². The van der Waals surface area contributed by atoms with Crippen LogP contribution in [-0.4, -0.2) is 76.8 Å². The van der Waals surface area contributed by atoms with Crippen LogP contribution in [0, 0.1) is 6.92 Å². The zero-order chi connectivity index (χ0) is 19.4. The van der Waals surface area contributed by atoms with Gasteiger partial charge in [-0.25, -0.2) is 4.68 Å². The maximum atomic E-state index is 12.6. The molecule has 3 rings (SSSR count). The van der Waals surface area contributed by atoms with Gasteiger partial charge in [-0.3, -0.25) is 9.69 Å². The van der Waals surface area contributed by atoms with E-state index in [9.17, 15) is 4.79 Å². The van der Waals surface area contributed by atoms with Crippen molar-refractivity contribution in [3.8, 4) is 0 Å². The number of aromatic nitrogens is 2. The summed E-state index contributed by atoms with van der Waals surface area (Å²) < 4.78 is 1.84. The topological polar surface area (TPSA) is 53.4 Å². The van der Waals surface area contributed by atoms with Crippen molar-refractivity contribution in [2.75, 3.05) is 45.3 Å². The summed E-state index contributed by atoms with van der Waals surface area (Å²) >= 11 is 1.88. The molecule has 1 aliphatic heterocycles. The van der Waals surface area contributed by atoms with Crippen molar-refractivity contribution < 1.29 is 4.79 Å². The molecule has 1 aromatic heterocycles. The van der Waals surface area contributed by atoms with Crippen molar-refractivity contribution in [3.05, 3.63) is 47.7 Å². The monoisotopic (exact) mass is 387 g/mol. The molecule has 1 aromatic carbocycles. The van der Waals surface area contributed by atoms with Crippen molar-refractivity contribution in [1.82, 2.24) is 19.6 Å². The van der Waals surface area contributed by atoms with Crippen LogP contribution in [0.5, 0.6) is 0 Å². The molecule has 0 spiro atoms. The van der Waals surface area contributed by atoms with E-state index in [1.807, 2.05) is 28.6 Å². The van der Waals surface area contributed by atoms with E-state index >= 15 is 0 Å². The molecule has 2 atom stereocenters. The van der Waals surface area contributed by atoms with E-state index in [0.717, 1.165) is 18.9 Å². The lowest BCUT2D eigenvalue weighted by atomic mass is 10.1. The van der Waals surface area contributed by atoms with E-state index in [1.54, 1.807) is 6.20 Å². The Balaban J connectivity index is 1.58. The highest BCUT2D eigenvalue weighted by molar-refractivity contribution is 7.99. The van der Waals surface area contributed by atoms with Crippen LogP contribution in [-0.2, 0) is 11.3 Å². The molecule has 0 aliphatic carbocycles. The fraction of sp³-hybridized carbons (Fsp3) is 0.500. The second kappa shape index (κ2) is 8.91. The number of carbonyl (C=O) groups excluding carboxylic acids is 1. The van der Waals surface area contributed by atoms with Gasteiger partial charge >= 0.3 is 0 Å². The Morgan fingerprint density at radius 3 is 2.81 bits per heavy atom. The van der Waals surface area contributed by atoms with Gasteiger partial charge in [0.1, 0.15) is 5.82 Å². The number of thioether (sulfide) groups is 1. The number of nitrogens with one attached hydrogen (secondary N) is 1. The number of hydrogen-bond donors (Lipinski definition) is 1. The number of amides is 1. The van der Waals surface area contributed by atoms with Crippen LogP contribution in [0.15, 0.2) is 36.5 Å². The summed E-state index contributed by atoms with van der Waals surface area (Å²) in [4.78, 5) is 17.1. The van der Waals surface area contributed by atoms with Crippen LogP contribution in [0.1, 0.15) is 11.1 Å². The number of rotatable bonds is 7. The second-order valence-corrected chi connectivity index (χ2v) is 8.49. The Bertz CT molecular complexity index is 775. The average Bonchev–Trinajstić information content (AvgIpc) is 3.22. The first-order valence-corrected chi connectivity index (χ1v) is 10.5. The predicted molar refractivity (Wildman–Crippen MR) is 112 cm³/mol. The highest BCUT2D eigenvalue weighted by Gasteiger charge is 2.34. The Hall–Kier alpha value is -1.83. The summed E-state index contributed by atoms with van der Waals surface area (Å²) in [6.07, 6.45) is 3.88. The van der Waals surface area contributed by atoms with Crippen molar-refractivity contribution in [3.63, 3.8) is 0 Å². The molecular formula is C20H29N5OS. The summed E-state index contributed by atoms with van der Waals surface area (Å²) in [6.45, 7) is 5.00. The van der Waals surface area contributed by atoms with Gasteiger partial charge in [0.25, 0.3) is 0 Å². The Labute approximate surface area is 165 Å². The highest BCUT2D eigenvalue weighted by Crippen LogP contribution is 2.23. The highest BCUT2D eigenvalue weighted by atomic mass is 32.2. The minimum atomic E-state index is 0.0141. The van der Waals surface area contributed by atoms with Gasteiger partial charge in [0.2, 0.25) is 5.91 Å². The molecule has 7 heteroatoms. The third kappa shape index (κ3) is 5.12.